The van der Waals surface area contributed by atoms with Gasteiger partial charge in [0.15, 0.2) is 11.5 Å². The largest absolute Gasteiger partial charge is 0.493 e. The van der Waals surface area contributed by atoms with Gasteiger partial charge >= 0.3 is 0 Å². The van der Waals surface area contributed by atoms with Crippen molar-refractivity contribution in [2.24, 2.45) is 5.73 Å². The highest BCUT2D eigenvalue weighted by molar-refractivity contribution is 6.02. The highest BCUT2D eigenvalue weighted by atomic mass is 16.5. The summed E-state index contributed by atoms with van der Waals surface area (Å²) in [7, 11) is 1.59. The number of methoxy groups -OCH3 is 1. The topological polar surface area (TPSA) is 73.6 Å². The zero-order valence-electron chi connectivity index (χ0n) is 10.9. The molecule has 0 spiro atoms. The molecule has 1 aliphatic heterocycles. The van der Waals surface area contributed by atoms with Crippen molar-refractivity contribution in [1.82, 2.24) is 0 Å². The van der Waals surface area contributed by atoms with Gasteiger partial charge in [0.2, 0.25) is 5.91 Å². The second-order valence-corrected chi connectivity index (χ2v) is 4.47. The second kappa shape index (κ2) is 4.86. The summed E-state index contributed by atoms with van der Waals surface area (Å²) in [5.74, 6) is 1.68. The van der Waals surface area contributed by atoms with Crippen molar-refractivity contribution in [2.45, 2.75) is 6.04 Å². The van der Waals surface area contributed by atoms with Gasteiger partial charge in [-0.1, -0.05) is 18.2 Å². The molecule has 0 radical (unpaired) electrons. The summed E-state index contributed by atoms with van der Waals surface area (Å²) in [5, 5.41) is 2.73. The molecule has 5 heteroatoms. The molecule has 1 heterocycles. The number of anilines is 1. The fourth-order valence-corrected chi connectivity index (χ4v) is 2.16. The summed E-state index contributed by atoms with van der Waals surface area (Å²) in [6.45, 7) is 0. The molecule has 0 bridgehead atoms. The Labute approximate surface area is 116 Å². The van der Waals surface area contributed by atoms with Crippen LogP contribution in [0.1, 0.15) is 11.6 Å². The second-order valence-electron chi connectivity index (χ2n) is 4.47. The number of carbonyl (C=O) groups is 1. The molecule has 0 saturated carbocycles. The van der Waals surface area contributed by atoms with Gasteiger partial charge in [0.1, 0.15) is 11.8 Å². The van der Waals surface area contributed by atoms with Gasteiger partial charge in [-0.25, -0.2) is 0 Å². The maximum Gasteiger partial charge on any atom is 0.245 e. The van der Waals surface area contributed by atoms with Gasteiger partial charge in [-0.15, -0.1) is 0 Å². The Hall–Kier alpha value is -2.53. The third-order valence-corrected chi connectivity index (χ3v) is 3.20. The number of hydrogen-bond acceptors (Lipinski definition) is 4. The third kappa shape index (κ3) is 2.08. The Morgan fingerprint density at radius 2 is 1.90 bits per heavy atom. The van der Waals surface area contributed by atoms with Crippen molar-refractivity contribution >= 4 is 11.6 Å². The zero-order chi connectivity index (χ0) is 14.1. The van der Waals surface area contributed by atoms with Crippen molar-refractivity contribution in [3.05, 3.63) is 48.0 Å². The Morgan fingerprint density at radius 1 is 1.15 bits per heavy atom. The first-order valence-electron chi connectivity index (χ1n) is 6.20. The summed E-state index contributed by atoms with van der Waals surface area (Å²) in [6.07, 6.45) is 0. The molecule has 0 fully saturated rings. The maximum absolute atomic E-state index is 11.5. The Morgan fingerprint density at radius 3 is 2.65 bits per heavy atom. The van der Waals surface area contributed by atoms with Crippen LogP contribution in [0.25, 0.3) is 0 Å². The van der Waals surface area contributed by atoms with Crippen LogP contribution in [0.15, 0.2) is 42.5 Å². The number of rotatable bonds is 3. The molecular weight excluding hydrogens is 256 g/mol. The molecule has 1 unspecified atom stereocenters. The molecule has 0 aromatic heterocycles. The predicted molar refractivity (Wildman–Crippen MR) is 75.1 cm³/mol. The van der Waals surface area contributed by atoms with Crippen molar-refractivity contribution in [3.8, 4) is 17.2 Å². The lowest BCUT2D eigenvalue weighted by atomic mass is 10.1. The van der Waals surface area contributed by atoms with E-state index in [0.29, 0.717) is 22.9 Å². The summed E-state index contributed by atoms with van der Waals surface area (Å²) < 4.78 is 11.0. The van der Waals surface area contributed by atoms with Gasteiger partial charge in [0.05, 0.1) is 7.11 Å². The van der Waals surface area contributed by atoms with E-state index in [1.54, 1.807) is 25.3 Å². The molecule has 3 N–H and O–H groups in total. The third-order valence-electron chi connectivity index (χ3n) is 3.20. The monoisotopic (exact) mass is 270 g/mol. The first-order chi connectivity index (χ1) is 9.69. The fraction of sp³-hybridized carbons (Fsp3) is 0.133. The number of nitrogens with two attached hydrogens (primary N) is 1. The molecule has 1 atom stereocenters. The first-order valence-corrected chi connectivity index (χ1v) is 6.20. The van der Waals surface area contributed by atoms with Crippen LogP contribution in [0, 0.1) is 0 Å². The van der Waals surface area contributed by atoms with Gasteiger partial charge in [-0.2, -0.15) is 0 Å². The maximum atomic E-state index is 11.5. The van der Waals surface area contributed by atoms with Crippen molar-refractivity contribution in [3.63, 3.8) is 0 Å². The van der Waals surface area contributed by atoms with E-state index in [-0.39, 0.29) is 5.91 Å². The van der Waals surface area contributed by atoms with Crippen LogP contribution < -0.4 is 20.5 Å². The highest BCUT2D eigenvalue weighted by Gasteiger charge is 2.27. The van der Waals surface area contributed by atoms with Crippen LogP contribution in [0.2, 0.25) is 0 Å². The molecule has 3 rings (SSSR count). The van der Waals surface area contributed by atoms with E-state index in [1.807, 2.05) is 24.3 Å². The van der Waals surface area contributed by atoms with Crippen LogP contribution in [-0.4, -0.2) is 13.0 Å². The molecule has 0 saturated heterocycles. The average Bonchev–Trinajstić information content (AvgIpc) is 2.74. The van der Waals surface area contributed by atoms with Gasteiger partial charge in [0.25, 0.3) is 0 Å². The van der Waals surface area contributed by atoms with Crippen LogP contribution in [-0.2, 0) is 4.79 Å². The Kier molecular flexibility index (Phi) is 3.04. The smallest absolute Gasteiger partial charge is 0.245 e. The molecule has 0 aliphatic carbocycles. The number of ether oxygens (including phenoxy) is 2. The van der Waals surface area contributed by atoms with E-state index in [4.69, 9.17) is 15.2 Å². The SMILES string of the molecule is COc1ccccc1Oc1ccc2c(c1)NC(=O)C2N. The number of fused-ring (bicyclic) bond motifs is 1. The number of hydrogen-bond donors (Lipinski definition) is 2. The average molecular weight is 270 g/mol. The Bertz CT molecular complexity index is 670. The van der Waals surface area contributed by atoms with Gasteiger partial charge in [-0.05, 0) is 18.2 Å². The van der Waals surface area contributed by atoms with Gasteiger partial charge < -0.3 is 20.5 Å². The van der Waals surface area contributed by atoms with Crippen LogP contribution in [0.3, 0.4) is 0 Å². The van der Waals surface area contributed by atoms with Gasteiger partial charge in [0, 0.05) is 17.3 Å². The number of carbonyl (C=O) groups excluding carboxylic acids is 1. The highest BCUT2D eigenvalue weighted by Crippen LogP contribution is 2.36. The molecule has 1 amide bonds. The lowest BCUT2D eigenvalue weighted by molar-refractivity contribution is -0.116. The van der Waals surface area contributed by atoms with Crippen LogP contribution in [0.4, 0.5) is 5.69 Å². The molecule has 1 aliphatic rings. The van der Waals surface area contributed by atoms with Crippen molar-refractivity contribution in [2.75, 3.05) is 12.4 Å². The predicted octanol–water partition coefficient (Wildman–Crippen LogP) is 2.44. The number of benzene rings is 2. The van der Waals surface area contributed by atoms with Crippen LogP contribution in [0.5, 0.6) is 17.2 Å². The minimum atomic E-state index is -0.606. The quantitative estimate of drug-likeness (QED) is 0.898. The van der Waals surface area contributed by atoms with E-state index < -0.39 is 6.04 Å². The molecular formula is C15H14N2O3. The number of nitrogens with one attached hydrogen (secondary N) is 1. The lowest BCUT2D eigenvalue weighted by Crippen LogP contribution is -2.19. The summed E-state index contributed by atoms with van der Waals surface area (Å²) in [6, 6.07) is 12.1. The van der Waals surface area contributed by atoms with Crippen molar-refractivity contribution in [1.29, 1.82) is 0 Å². The van der Waals surface area contributed by atoms with E-state index in [0.717, 1.165) is 5.56 Å². The zero-order valence-corrected chi connectivity index (χ0v) is 10.9. The van der Waals surface area contributed by atoms with Crippen molar-refractivity contribution < 1.29 is 14.3 Å². The normalized spacial score (nSPS) is 16.5. The van der Waals surface area contributed by atoms with E-state index >= 15 is 0 Å². The molecule has 2 aromatic carbocycles. The summed E-state index contributed by atoms with van der Waals surface area (Å²) >= 11 is 0. The summed E-state index contributed by atoms with van der Waals surface area (Å²) in [4.78, 5) is 11.5. The molecule has 20 heavy (non-hydrogen) atoms. The van der Waals surface area contributed by atoms with Gasteiger partial charge in [-0.3, -0.25) is 4.79 Å². The lowest BCUT2D eigenvalue weighted by Gasteiger charge is -2.11. The Balaban J connectivity index is 1.90. The minimum absolute atomic E-state index is 0.200. The first kappa shape index (κ1) is 12.5. The van der Waals surface area contributed by atoms with E-state index in [9.17, 15) is 4.79 Å². The number of para-hydroxylation sites is 2. The molecule has 5 nitrogen and oxygen atoms in total. The van der Waals surface area contributed by atoms with E-state index in [1.165, 1.54) is 0 Å². The van der Waals surface area contributed by atoms with E-state index in [2.05, 4.69) is 5.32 Å². The van der Waals surface area contributed by atoms with Crippen LogP contribution >= 0.6 is 0 Å². The molecule has 2 aromatic rings. The number of amides is 1. The minimum Gasteiger partial charge on any atom is -0.493 e. The fourth-order valence-electron chi connectivity index (χ4n) is 2.16. The standard InChI is InChI=1S/C15H14N2O3/c1-19-12-4-2-3-5-13(12)20-9-6-7-10-11(8-9)17-15(18)14(10)16/h2-8,14H,16H2,1H3,(H,17,18). The molecule has 102 valence electrons. The summed E-state index contributed by atoms with van der Waals surface area (Å²) in [5.41, 5.74) is 7.24.